The summed E-state index contributed by atoms with van der Waals surface area (Å²) >= 11 is 1.62. The molecule has 0 unspecified atom stereocenters. The number of hydrogen-bond donors (Lipinski definition) is 1. The fourth-order valence-corrected chi connectivity index (χ4v) is 2.63. The van der Waals surface area contributed by atoms with Crippen LogP contribution in [0.1, 0.15) is 31.2 Å². The molecule has 1 aromatic carbocycles. The van der Waals surface area contributed by atoms with Crippen LogP contribution in [-0.4, -0.2) is 10.1 Å². The zero-order valence-corrected chi connectivity index (χ0v) is 12.9. The van der Waals surface area contributed by atoms with Gasteiger partial charge in [-0.25, -0.2) is 0 Å². The highest BCUT2D eigenvalue weighted by Crippen LogP contribution is 2.20. The van der Waals surface area contributed by atoms with Gasteiger partial charge < -0.3 is 9.84 Å². The fourth-order valence-electron chi connectivity index (χ4n) is 2.00. The normalized spacial score (nSPS) is 11.0. The SMILES string of the molecule is CC(C)c1ccc(NCc2nc(-c3ccsc3)no2)cc1. The Morgan fingerprint density at radius 2 is 2.00 bits per heavy atom. The molecule has 0 bridgehead atoms. The Labute approximate surface area is 127 Å². The zero-order chi connectivity index (χ0) is 14.7. The van der Waals surface area contributed by atoms with Crippen molar-refractivity contribution >= 4 is 17.0 Å². The molecule has 108 valence electrons. The summed E-state index contributed by atoms with van der Waals surface area (Å²) in [5, 5.41) is 11.3. The minimum Gasteiger partial charge on any atom is -0.376 e. The van der Waals surface area contributed by atoms with Crippen molar-refractivity contribution in [1.29, 1.82) is 0 Å². The highest BCUT2D eigenvalue weighted by molar-refractivity contribution is 7.08. The van der Waals surface area contributed by atoms with E-state index in [1.54, 1.807) is 11.3 Å². The highest BCUT2D eigenvalue weighted by atomic mass is 32.1. The molecule has 0 spiro atoms. The third-order valence-corrected chi connectivity index (χ3v) is 3.95. The number of benzene rings is 1. The molecule has 0 atom stereocenters. The lowest BCUT2D eigenvalue weighted by molar-refractivity contribution is 0.384. The van der Waals surface area contributed by atoms with Gasteiger partial charge in [0.15, 0.2) is 0 Å². The molecule has 0 amide bonds. The lowest BCUT2D eigenvalue weighted by atomic mass is 10.0. The summed E-state index contributed by atoms with van der Waals surface area (Å²) in [6.07, 6.45) is 0. The van der Waals surface area contributed by atoms with Crippen molar-refractivity contribution in [3.05, 3.63) is 52.5 Å². The van der Waals surface area contributed by atoms with Crippen molar-refractivity contribution in [1.82, 2.24) is 10.1 Å². The lowest BCUT2D eigenvalue weighted by Crippen LogP contribution is -2.00. The van der Waals surface area contributed by atoms with Crippen LogP contribution in [0.3, 0.4) is 0 Å². The average molecular weight is 299 g/mol. The number of anilines is 1. The quantitative estimate of drug-likeness (QED) is 0.751. The topological polar surface area (TPSA) is 51.0 Å². The van der Waals surface area contributed by atoms with E-state index in [1.165, 1.54) is 5.56 Å². The Hall–Kier alpha value is -2.14. The van der Waals surface area contributed by atoms with E-state index < -0.39 is 0 Å². The molecule has 2 heterocycles. The van der Waals surface area contributed by atoms with Gasteiger partial charge in [-0.1, -0.05) is 31.1 Å². The molecule has 0 saturated heterocycles. The van der Waals surface area contributed by atoms with Crippen LogP contribution in [0.15, 0.2) is 45.6 Å². The van der Waals surface area contributed by atoms with Crippen molar-refractivity contribution in [3.63, 3.8) is 0 Å². The molecule has 0 aliphatic rings. The molecule has 0 fully saturated rings. The standard InChI is InChI=1S/C16H17N3OS/c1-11(2)12-3-5-14(6-4-12)17-9-15-18-16(19-20-15)13-7-8-21-10-13/h3-8,10-11,17H,9H2,1-2H3. The van der Waals surface area contributed by atoms with E-state index in [0.717, 1.165) is 11.3 Å². The van der Waals surface area contributed by atoms with E-state index in [9.17, 15) is 0 Å². The van der Waals surface area contributed by atoms with Gasteiger partial charge in [0.1, 0.15) is 0 Å². The monoisotopic (exact) mass is 299 g/mol. The molecule has 1 N–H and O–H groups in total. The maximum absolute atomic E-state index is 5.25. The van der Waals surface area contributed by atoms with Gasteiger partial charge >= 0.3 is 0 Å². The molecule has 2 aromatic heterocycles. The molecule has 0 aliphatic heterocycles. The molecule has 21 heavy (non-hydrogen) atoms. The molecule has 4 nitrogen and oxygen atoms in total. The second-order valence-electron chi connectivity index (χ2n) is 5.15. The van der Waals surface area contributed by atoms with Crippen LogP contribution < -0.4 is 5.32 Å². The molecule has 0 aliphatic carbocycles. The first kappa shape index (κ1) is 13.8. The summed E-state index contributed by atoms with van der Waals surface area (Å²) in [6, 6.07) is 10.4. The predicted molar refractivity (Wildman–Crippen MR) is 85.5 cm³/mol. The number of rotatable bonds is 5. The predicted octanol–water partition coefficient (Wildman–Crippen LogP) is 4.53. The summed E-state index contributed by atoms with van der Waals surface area (Å²) in [5.41, 5.74) is 3.38. The van der Waals surface area contributed by atoms with Crippen LogP contribution in [0.2, 0.25) is 0 Å². The van der Waals surface area contributed by atoms with Crippen molar-refractivity contribution in [2.45, 2.75) is 26.3 Å². The summed E-state index contributed by atoms with van der Waals surface area (Å²) in [6.45, 7) is 4.90. The minimum atomic E-state index is 0.526. The van der Waals surface area contributed by atoms with Crippen molar-refractivity contribution in [2.24, 2.45) is 0 Å². The third-order valence-electron chi connectivity index (χ3n) is 3.27. The first-order chi connectivity index (χ1) is 10.2. The van der Waals surface area contributed by atoms with Gasteiger partial charge in [-0.2, -0.15) is 16.3 Å². The first-order valence-electron chi connectivity index (χ1n) is 6.91. The Kier molecular flexibility index (Phi) is 4.01. The van der Waals surface area contributed by atoms with E-state index in [1.807, 2.05) is 16.8 Å². The van der Waals surface area contributed by atoms with Gasteiger partial charge in [-0.05, 0) is 35.1 Å². The molecule has 3 aromatic rings. The highest BCUT2D eigenvalue weighted by Gasteiger charge is 2.08. The molecule has 5 heteroatoms. The van der Waals surface area contributed by atoms with Gasteiger partial charge in [-0.3, -0.25) is 0 Å². The van der Waals surface area contributed by atoms with Gasteiger partial charge in [0.05, 0.1) is 6.54 Å². The fraction of sp³-hybridized carbons (Fsp3) is 0.250. The second-order valence-corrected chi connectivity index (χ2v) is 5.93. The molecule has 0 saturated carbocycles. The van der Waals surface area contributed by atoms with Crippen molar-refractivity contribution in [3.8, 4) is 11.4 Å². The van der Waals surface area contributed by atoms with Crippen LogP contribution in [0.4, 0.5) is 5.69 Å². The van der Waals surface area contributed by atoms with Crippen LogP contribution in [-0.2, 0) is 6.54 Å². The Balaban J connectivity index is 1.62. The maximum atomic E-state index is 5.25. The average Bonchev–Trinajstić information content (AvgIpc) is 3.16. The Morgan fingerprint density at radius 1 is 1.19 bits per heavy atom. The Morgan fingerprint density at radius 3 is 2.67 bits per heavy atom. The molecular formula is C16H17N3OS. The summed E-state index contributed by atoms with van der Waals surface area (Å²) in [4.78, 5) is 4.38. The largest absolute Gasteiger partial charge is 0.376 e. The first-order valence-corrected chi connectivity index (χ1v) is 7.85. The zero-order valence-electron chi connectivity index (χ0n) is 12.0. The number of nitrogens with zero attached hydrogens (tertiary/aromatic N) is 2. The molecule has 3 rings (SSSR count). The van der Waals surface area contributed by atoms with Gasteiger partial charge in [-0.15, -0.1) is 0 Å². The van der Waals surface area contributed by atoms with Crippen molar-refractivity contribution < 1.29 is 4.52 Å². The Bertz CT molecular complexity index is 687. The molecule has 0 radical (unpaired) electrons. The van der Waals surface area contributed by atoms with E-state index in [2.05, 4.69) is 53.6 Å². The number of thiophene rings is 1. The van der Waals surface area contributed by atoms with Crippen molar-refractivity contribution in [2.75, 3.05) is 5.32 Å². The van der Waals surface area contributed by atoms with E-state index in [4.69, 9.17) is 4.52 Å². The smallest absolute Gasteiger partial charge is 0.246 e. The van der Waals surface area contributed by atoms with E-state index >= 15 is 0 Å². The van der Waals surface area contributed by atoms with Gasteiger partial charge in [0, 0.05) is 16.6 Å². The van der Waals surface area contributed by atoms with E-state index in [-0.39, 0.29) is 0 Å². The van der Waals surface area contributed by atoms with Crippen LogP contribution in [0.25, 0.3) is 11.4 Å². The second kappa shape index (κ2) is 6.10. The number of aromatic nitrogens is 2. The number of nitrogens with one attached hydrogen (secondary N) is 1. The molecular weight excluding hydrogens is 282 g/mol. The van der Waals surface area contributed by atoms with Crippen LogP contribution >= 0.6 is 11.3 Å². The summed E-state index contributed by atoms with van der Waals surface area (Å²) in [7, 11) is 0. The van der Waals surface area contributed by atoms with Gasteiger partial charge in [0.2, 0.25) is 11.7 Å². The summed E-state index contributed by atoms with van der Waals surface area (Å²) < 4.78 is 5.25. The third kappa shape index (κ3) is 3.31. The van der Waals surface area contributed by atoms with E-state index in [0.29, 0.717) is 24.2 Å². The number of hydrogen-bond acceptors (Lipinski definition) is 5. The van der Waals surface area contributed by atoms with Crippen LogP contribution in [0, 0.1) is 0 Å². The van der Waals surface area contributed by atoms with Crippen LogP contribution in [0.5, 0.6) is 0 Å². The lowest BCUT2D eigenvalue weighted by Gasteiger charge is -2.07. The summed E-state index contributed by atoms with van der Waals surface area (Å²) in [5.74, 6) is 1.77. The van der Waals surface area contributed by atoms with Gasteiger partial charge in [0.25, 0.3) is 0 Å². The maximum Gasteiger partial charge on any atom is 0.246 e. The minimum absolute atomic E-state index is 0.526.